The molecule has 1 aliphatic heterocycles. The molecule has 2 aromatic carbocycles. The first-order chi connectivity index (χ1) is 10.0. The first kappa shape index (κ1) is 13.7. The second kappa shape index (κ2) is 5.26. The highest BCUT2D eigenvalue weighted by Gasteiger charge is 2.21. The lowest BCUT2D eigenvalue weighted by molar-refractivity contribution is 0.0696. The van der Waals surface area contributed by atoms with Gasteiger partial charge in [-0.05, 0) is 29.3 Å². The molecule has 0 amide bonds. The third-order valence-corrected chi connectivity index (χ3v) is 3.65. The van der Waals surface area contributed by atoms with Crippen molar-refractivity contribution < 1.29 is 18.7 Å². The molecule has 2 aromatic rings. The minimum atomic E-state index is -0.958. The Morgan fingerprint density at radius 3 is 2.57 bits per heavy atom. The Balaban J connectivity index is 1.77. The van der Waals surface area contributed by atoms with E-state index in [9.17, 15) is 13.6 Å². The van der Waals surface area contributed by atoms with Gasteiger partial charge in [0.25, 0.3) is 0 Å². The molecule has 21 heavy (non-hydrogen) atoms. The minimum Gasteiger partial charge on any atom is -0.478 e. The number of halogens is 2. The summed E-state index contributed by atoms with van der Waals surface area (Å²) >= 11 is 0. The van der Waals surface area contributed by atoms with E-state index in [1.54, 1.807) is 18.2 Å². The van der Waals surface area contributed by atoms with Gasteiger partial charge in [0.1, 0.15) is 11.6 Å². The number of hydrogen-bond donors (Lipinski definition) is 1. The molecule has 0 bridgehead atoms. The topological polar surface area (TPSA) is 40.5 Å². The van der Waals surface area contributed by atoms with E-state index in [2.05, 4.69) is 0 Å². The number of carbonyl (C=O) groups is 1. The Hall–Kier alpha value is -2.27. The van der Waals surface area contributed by atoms with E-state index in [0.717, 1.165) is 17.2 Å². The third kappa shape index (κ3) is 2.78. The molecule has 0 unspecified atom stereocenters. The van der Waals surface area contributed by atoms with Crippen molar-refractivity contribution in [1.82, 2.24) is 4.90 Å². The van der Waals surface area contributed by atoms with E-state index in [1.165, 1.54) is 12.1 Å². The quantitative estimate of drug-likeness (QED) is 0.943. The highest BCUT2D eigenvalue weighted by atomic mass is 19.1. The first-order valence-corrected chi connectivity index (χ1v) is 6.54. The van der Waals surface area contributed by atoms with Crippen molar-refractivity contribution in [1.29, 1.82) is 0 Å². The van der Waals surface area contributed by atoms with Crippen LogP contribution in [0.5, 0.6) is 0 Å². The van der Waals surface area contributed by atoms with E-state index in [-0.39, 0.29) is 5.56 Å². The van der Waals surface area contributed by atoms with Crippen LogP contribution in [-0.2, 0) is 19.6 Å². The van der Waals surface area contributed by atoms with Crippen LogP contribution in [0.15, 0.2) is 36.4 Å². The van der Waals surface area contributed by atoms with Gasteiger partial charge < -0.3 is 5.11 Å². The zero-order chi connectivity index (χ0) is 15.0. The van der Waals surface area contributed by atoms with Crippen LogP contribution in [0.2, 0.25) is 0 Å². The number of carboxylic acid groups (broad SMARTS) is 1. The van der Waals surface area contributed by atoms with Crippen LogP contribution in [0.3, 0.4) is 0 Å². The molecule has 3 nitrogen and oxygen atoms in total. The Morgan fingerprint density at radius 1 is 1.10 bits per heavy atom. The zero-order valence-electron chi connectivity index (χ0n) is 11.1. The van der Waals surface area contributed by atoms with E-state index in [1.807, 2.05) is 4.90 Å². The Morgan fingerprint density at radius 2 is 1.86 bits per heavy atom. The summed E-state index contributed by atoms with van der Waals surface area (Å²) < 4.78 is 26.5. The third-order valence-electron chi connectivity index (χ3n) is 3.65. The number of aromatic carboxylic acids is 1. The molecule has 0 fully saturated rings. The molecule has 3 rings (SSSR count). The number of fused-ring (bicyclic) bond motifs is 1. The van der Waals surface area contributed by atoms with Crippen molar-refractivity contribution in [3.05, 3.63) is 70.3 Å². The zero-order valence-corrected chi connectivity index (χ0v) is 11.1. The average Bonchev–Trinajstić information content (AvgIpc) is 2.83. The summed E-state index contributed by atoms with van der Waals surface area (Å²) in [5.74, 6) is -2.11. The lowest BCUT2D eigenvalue weighted by Crippen LogP contribution is -2.16. The van der Waals surface area contributed by atoms with Gasteiger partial charge in [0, 0.05) is 31.3 Å². The predicted octanol–water partition coefficient (Wildman–Crippen LogP) is 3.18. The van der Waals surface area contributed by atoms with Crippen molar-refractivity contribution in [2.45, 2.75) is 19.6 Å². The van der Waals surface area contributed by atoms with Gasteiger partial charge in [-0.15, -0.1) is 0 Å². The molecule has 0 aromatic heterocycles. The number of nitrogens with zero attached hydrogens (tertiary/aromatic N) is 1. The van der Waals surface area contributed by atoms with Crippen molar-refractivity contribution in [2.75, 3.05) is 0 Å². The fraction of sp³-hybridized carbons (Fsp3) is 0.188. The van der Waals surface area contributed by atoms with Crippen molar-refractivity contribution in [3.63, 3.8) is 0 Å². The van der Waals surface area contributed by atoms with E-state index in [4.69, 9.17) is 5.11 Å². The van der Waals surface area contributed by atoms with Gasteiger partial charge in [-0.2, -0.15) is 0 Å². The summed E-state index contributed by atoms with van der Waals surface area (Å²) in [5, 5.41) is 8.98. The minimum absolute atomic E-state index is 0.253. The SMILES string of the molecule is O=C(O)c1ccc2c(c1)CN(Cc1ccc(F)cc1F)C2. The normalized spacial score (nSPS) is 14.2. The summed E-state index contributed by atoms with van der Waals surface area (Å²) in [7, 11) is 0. The van der Waals surface area contributed by atoms with Crippen molar-refractivity contribution in [3.8, 4) is 0 Å². The maximum absolute atomic E-state index is 13.7. The molecule has 0 radical (unpaired) electrons. The number of benzene rings is 2. The van der Waals surface area contributed by atoms with Crippen LogP contribution < -0.4 is 0 Å². The fourth-order valence-corrected chi connectivity index (χ4v) is 2.60. The lowest BCUT2D eigenvalue weighted by Gasteiger charge is -2.15. The second-order valence-corrected chi connectivity index (χ2v) is 5.17. The molecule has 0 saturated heterocycles. The Kier molecular flexibility index (Phi) is 3.43. The van der Waals surface area contributed by atoms with Gasteiger partial charge in [-0.1, -0.05) is 12.1 Å². The number of carboxylic acids is 1. The molecule has 1 N–H and O–H groups in total. The average molecular weight is 289 g/mol. The van der Waals surface area contributed by atoms with Crippen LogP contribution in [0.4, 0.5) is 8.78 Å². The van der Waals surface area contributed by atoms with Crippen LogP contribution in [0.25, 0.3) is 0 Å². The lowest BCUT2D eigenvalue weighted by atomic mass is 10.1. The van der Waals surface area contributed by atoms with Gasteiger partial charge in [-0.25, -0.2) is 13.6 Å². The summed E-state index contributed by atoms with van der Waals surface area (Å²) in [6.07, 6.45) is 0. The maximum Gasteiger partial charge on any atom is 0.335 e. The predicted molar refractivity (Wildman–Crippen MR) is 72.7 cm³/mol. The van der Waals surface area contributed by atoms with E-state index < -0.39 is 17.6 Å². The molecule has 0 saturated carbocycles. The molecule has 0 atom stereocenters. The van der Waals surface area contributed by atoms with Gasteiger partial charge in [0.15, 0.2) is 0 Å². The van der Waals surface area contributed by atoms with Crippen molar-refractivity contribution >= 4 is 5.97 Å². The molecule has 1 aliphatic rings. The summed E-state index contributed by atoms with van der Waals surface area (Å²) in [4.78, 5) is 12.9. The van der Waals surface area contributed by atoms with Crippen LogP contribution in [0.1, 0.15) is 27.0 Å². The highest BCUT2D eigenvalue weighted by molar-refractivity contribution is 5.87. The monoisotopic (exact) mass is 289 g/mol. The van der Waals surface area contributed by atoms with Crippen molar-refractivity contribution in [2.24, 2.45) is 0 Å². The van der Waals surface area contributed by atoms with Gasteiger partial charge in [0.2, 0.25) is 0 Å². The maximum atomic E-state index is 13.7. The molecule has 5 heteroatoms. The Bertz CT molecular complexity index is 715. The molecule has 1 heterocycles. The van der Waals surface area contributed by atoms with Gasteiger partial charge in [-0.3, -0.25) is 4.90 Å². The van der Waals surface area contributed by atoms with Crippen LogP contribution >= 0.6 is 0 Å². The van der Waals surface area contributed by atoms with Crippen LogP contribution in [0, 0.1) is 11.6 Å². The molecule has 0 aliphatic carbocycles. The van der Waals surface area contributed by atoms with E-state index in [0.29, 0.717) is 25.2 Å². The summed E-state index contributed by atoms with van der Waals surface area (Å²) in [6, 6.07) is 8.57. The number of rotatable bonds is 3. The molecule has 108 valence electrons. The largest absolute Gasteiger partial charge is 0.478 e. The Labute approximate surface area is 120 Å². The van der Waals surface area contributed by atoms with Gasteiger partial charge in [0.05, 0.1) is 5.56 Å². The molecular formula is C16H13F2NO2. The molecular weight excluding hydrogens is 276 g/mol. The summed E-state index contributed by atoms with van der Waals surface area (Å²) in [6.45, 7) is 1.56. The fourth-order valence-electron chi connectivity index (χ4n) is 2.60. The highest BCUT2D eigenvalue weighted by Crippen LogP contribution is 2.26. The first-order valence-electron chi connectivity index (χ1n) is 6.54. The van der Waals surface area contributed by atoms with E-state index >= 15 is 0 Å². The number of hydrogen-bond acceptors (Lipinski definition) is 2. The summed E-state index contributed by atoms with van der Waals surface area (Å²) in [5.41, 5.74) is 2.67. The second-order valence-electron chi connectivity index (χ2n) is 5.17. The van der Waals surface area contributed by atoms with Crippen LogP contribution in [-0.4, -0.2) is 16.0 Å². The standard InChI is InChI=1S/C16H13F2NO2/c17-14-4-3-12(15(18)6-14)8-19-7-11-2-1-10(16(20)21)5-13(11)9-19/h1-6H,7-9H2,(H,20,21). The smallest absolute Gasteiger partial charge is 0.335 e. The van der Waals surface area contributed by atoms with Gasteiger partial charge >= 0.3 is 5.97 Å². The molecule has 0 spiro atoms.